The van der Waals surface area contributed by atoms with Crippen LogP contribution in [0.25, 0.3) is 0 Å². The standard InChI is InChI=1S/C35H58N4O6S/c1-25(2)19-30(40)34(43)29(20-26-9-5-3-6-10-26)37-35(44)28(21-31-36-13-18-46-31)22-32(41)39(23-27-11-7-4-8-12-27)24-33(42)38-14-16-45-17-15-38/h13,18,25-30,34,40,43H,3-12,14-17,19-24H2,1-2H3,(H,37,44)/t28-,29+,30+,34-/m1/s1. The predicted octanol–water partition coefficient (Wildman–Crippen LogP) is 4.18. The lowest BCUT2D eigenvalue weighted by molar-refractivity contribution is -0.145. The number of ether oxygens (including phenoxy) is 1. The summed E-state index contributed by atoms with van der Waals surface area (Å²) in [7, 11) is 0. The van der Waals surface area contributed by atoms with Crippen molar-refractivity contribution in [1.29, 1.82) is 0 Å². The molecule has 1 aromatic rings. The number of hydrogen-bond donors (Lipinski definition) is 3. The van der Waals surface area contributed by atoms with Crippen molar-refractivity contribution in [2.45, 2.75) is 122 Å². The molecule has 1 aliphatic heterocycles. The maximum absolute atomic E-state index is 14.1. The molecule has 46 heavy (non-hydrogen) atoms. The number of aliphatic hydroxyl groups excluding tert-OH is 2. The molecule has 2 saturated carbocycles. The van der Waals surface area contributed by atoms with Gasteiger partial charge in [0.05, 0.1) is 42.8 Å². The van der Waals surface area contributed by atoms with Gasteiger partial charge in [-0.2, -0.15) is 0 Å². The summed E-state index contributed by atoms with van der Waals surface area (Å²) < 4.78 is 5.43. The number of nitrogens with zero attached hydrogens (tertiary/aromatic N) is 3. The molecule has 260 valence electrons. The maximum atomic E-state index is 14.1. The zero-order chi connectivity index (χ0) is 32.9. The third-order valence-electron chi connectivity index (χ3n) is 10.1. The first-order chi connectivity index (χ1) is 22.2. The Morgan fingerprint density at radius 2 is 1.67 bits per heavy atom. The summed E-state index contributed by atoms with van der Waals surface area (Å²) >= 11 is 1.45. The number of amides is 3. The topological polar surface area (TPSA) is 132 Å². The van der Waals surface area contributed by atoms with Crippen molar-refractivity contribution in [3.8, 4) is 0 Å². The van der Waals surface area contributed by atoms with Crippen molar-refractivity contribution in [3.63, 3.8) is 0 Å². The van der Waals surface area contributed by atoms with Crippen LogP contribution in [0.5, 0.6) is 0 Å². The summed E-state index contributed by atoms with van der Waals surface area (Å²) in [5.74, 6) is -0.390. The molecule has 10 nitrogen and oxygen atoms in total. The van der Waals surface area contributed by atoms with Crippen LogP contribution in [0, 0.1) is 23.7 Å². The van der Waals surface area contributed by atoms with Gasteiger partial charge >= 0.3 is 0 Å². The van der Waals surface area contributed by atoms with Gasteiger partial charge in [0.25, 0.3) is 0 Å². The molecule has 0 aromatic carbocycles. The van der Waals surface area contributed by atoms with Gasteiger partial charge in [0.15, 0.2) is 0 Å². The molecule has 2 aliphatic carbocycles. The Hall–Kier alpha value is -2.08. The summed E-state index contributed by atoms with van der Waals surface area (Å²) in [4.78, 5) is 49.4. The van der Waals surface area contributed by atoms with Gasteiger partial charge in [-0.1, -0.05) is 65.2 Å². The lowest BCUT2D eigenvalue weighted by Gasteiger charge is -2.34. The molecule has 3 N–H and O–H groups in total. The minimum Gasteiger partial charge on any atom is -0.390 e. The average molecular weight is 663 g/mol. The third kappa shape index (κ3) is 11.9. The fourth-order valence-corrected chi connectivity index (χ4v) is 8.13. The van der Waals surface area contributed by atoms with Gasteiger partial charge in [0.1, 0.15) is 6.10 Å². The average Bonchev–Trinajstić information content (AvgIpc) is 3.57. The van der Waals surface area contributed by atoms with E-state index in [0.717, 1.165) is 56.4 Å². The molecule has 4 atom stereocenters. The predicted molar refractivity (Wildman–Crippen MR) is 179 cm³/mol. The zero-order valence-electron chi connectivity index (χ0n) is 28.1. The van der Waals surface area contributed by atoms with Crippen LogP contribution in [-0.4, -0.2) is 100 Å². The molecule has 3 amide bonds. The highest BCUT2D eigenvalue weighted by molar-refractivity contribution is 7.09. The van der Waals surface area contributed by atoms with Gasteiger partial charge in [-0.15, -0.1) is 11.3 Å². The van der Waals surface area contributed by atoms with Crippen LogP contribution in [0.15, 0.2) is 11.6 Å². The number of nitrogens with one attached hydrogen (secondary N) is 1. The molecule has 4 rings (SSSR count). The highest BCUT2D eigenvalue weighted by Gasteiger charge is 2.35. The lowest BCUT2D eigenvalue weighted by Crippen LogP contribution is -2.52. The molecule has 3 aliphatic rings. The lowest BCUT2D eigenvalue weighted by atomic mass is 9.82. The Morgan fingerprint density at radius 1 is 1.02 bits per heavy atom. The Kier molecular flexibility index (Phi) is 15.2. The van der Waals surface area contributed by atoms with Crippen molar-refractivity contribution in [3.05, 3.63) is 16.6 Å². The van der Waals surface area contributed by atoms with E-state index in [0.29, 0.717) is 63.9 Å². The van der Waals surface area contributed by atoms with Gasteiger partial charge in [-0.05, 0) is 43.4 Å². The number of thiazole rings is 1. The van der Waals surface area contributed by atoms with E-state index in [1.807, 2.05) is 19.2 Å². The van der Waals surface area contributed by atoms with Crippen molar-refractivity contribution in [2.75, 3.05) is 39.4 Å². The first kappa shape index (κ1) is 36.8. The maximum Gasteiger partial charge on any atom is 0.242 e. The van der Waals surface area contributed by atoms with Crippen LogP contribution >= 0.6 is 11.3 Å². The summed E-state index contributed by atoms with van der Waals surface area (Å²) in [6.07, 6.45) is 12.1. The molecular weight excluding hydrogens is 604 g/mol. The summed E-state index contributed by atoms with van der Waals surface area (Å²) in [6, 6.07) is -0.612. The van der Waals surface area contributed by atoms with Gasteiger partial charge < -0.3 is 30.1 Å². The largest absolute Gasteiger partial charge is 0.390 e. The molecule has 2 heterocycles. The van der Waals surface area contributed by atoms with Crippen molar-refractivity contribution in [1.82, 2.24) is 20.1 Å². The molecule has 3 fully saturated rings. The minimum absolute atomic E-state index is 0.00530. The summed E-state index contributed by atoms with van der Waals surface area (Å²) in [6.45, 7) is 6.57. The molecule has 0 radical (unpaired) electrons. The second kappa shape index (κ2) is 19.1. The Balaban J connectivity index is 1.51. The third-order valence-corrected chi connectivity index (χ3v) is 10.9. The number of aliphatic hydroxyl groups is 2. The van der Waals surface area contributed by atoms with Gasteiger partial charge in [0.2, 0.25) is 17.7 Å². The van der Waals surface area contributed by atoms with E-state index >= 15 is 0 Å². The molecule has 0 spiro atoms. The first-order valence-electron chi connectivity index (χ1n) is 17.9. The van der Waals surface area contributed by atoms with Gasteiger partial charge in [0, 0.05) is 44.1 Å². The molecular formula is C35H58N4O6S. The number of hydrogen-bond acceptors (Lipinski definition) is 8. The normalized spacial score (nSPS) is 21.0. The van der Waals surface area contributed by atoms with Crippen LogP contribution in [-0.2, 0) is 25.5 Å². The van der Waals surface area contributed by atoms with Crippen molar-refractivity contribution >= 4 is 29.1 Å². The molecule has 11 heteroatoms. The van der Waals surface area contributed by atoms with E-state index in [2.05, 4.69) is 10.3 Å². The van der Waals surface area contributed by atoms with Crippen molar-refractivity contribution < 1.29 is 29.3 Å². The number of carbonyl (C=O) groups is 3. The van der Waals surface area contributed by atoms with Crippen LogP contribution in [0.1, 0.15) is 102 Å². The Morgan fingerprint density at radius 3 is 2.28 bits per heavy atom. The minimum atomic E-state index is -1.10. The van der Waals surface area contributed by atoms with Gasteiger partial charge in [-0.3, -0.25) is 14.4 Å². The van der Waals surface area contributed by atoms with Crippen molar-refractivity contribution in [2.24, 2.45) is 23.7 Å². The van der Waals surface area contributed by atoms with E-state index in [1.165, 1.54) is 24.2 Å². The number of rotatable bonds is 16. The van der Waals surface area contributed by atoms with E-state index in [1.54, 1.807) is 16.0 Å². The quantitative estimate of drug-likeness (QED) is 0.242. The number of morpholine rings is 1. The first-order valence-corrected chi connectivity index (χ1v) is 18.8. The van der Waals surface area contributed by atoms with E-state index in [9.17, 15) is 24.6 Å². The smallest absolute Gasteiger partial charge is 0.242 e. The Labute approximate surface area is 279 Å². The van der Waals surface area contributed by atoms with E-state index in [4.69, 9.17) is 4.74 Å². The number of carbonyl (C=O) groups excluding carboxylic acids is 3. The highest BCUT2D eigenvalue weighted by Crippen LogP contribution is 2.30. The van der Waals surface area contributed by atoms with E-state index < -0.39 is 24.2 Å². The second-order valence-electron chi connectivity index (χ2n) is 14.3. The zero-order valence-corrected chi connectivity index (χ0v) is 28.9. The monoisotopic (exact) mass is 662 g/mol. The van der Waals surface area contributed by atoms with Crippen LogP contribution < -0.4 is 5.32 Å². The fraction of sp³-hybridized carbons (Fsp3) is 0.829. The SMILES string of the molecule is CC(C)C[C@H](O)[C@H](O)[C@H](CC1CCCCC1)NC(=O)[C@@H](CC(=O)N(CC(=O)N1CCOCC1)CC1CCCCC1)Cc1nccs1. The Bertz CT molecular complexity index is 1050. The van der Waals surface area contributed by atoms with Crippen LogP contribution in [0.3, 0.4) is 0 Å². The molecule has 1 aromatic heterocycles. The second-order valence-corrected chi connectivity index (χ2v) is 15.3. The number of aromatic nitrogens is 1. The van der Waals surface area contributed by atoms with E-state index in [-0.39, 0.29) is 36.6 Å². The molecule has 0 unspecified atom stereocenters. The summed E-state index contributed by atoms with van der Waals surface area (Å²) in [5, 5.41) is 28.0. The highest BCUT2D eigenvalue weighted by atomic mass is 32.1. The van der Waals surface area contributed by atoms with Crippen LogP contribution in [0.2, 0.25) is 0 Å². The molecule has 0 bridgehead atoms. The van der Waals surface area contributed by atoms with Gasteiger partial charge in [-0.25, -0.2) is 4.98 Å². The fourth-order valence-electron chi connectivity index (χ4n) is 7.43. The van der Waals surface area contributed by atoms with Crippen LogP contribution in [0.4, 0.5) is 0 Å². The molecule has 1 saturated heterocycles. The summed E-state index contributed by atoms with van der Waals surface area (Å²) in [5.41, 5.74) is 0.